The Morgan fingerprint density at radius 2 is 1.79 bits per heavy atom. The maximum absolute atomic E-state index is 12.1. The molecule has 2 amide bonds. The average Bonchev–Trinajstić information content (AvgIpc) is 2.99. The van der Waals surface area contributed by atoms with Gasteiger partial charge in [0.05, 0.1) is 29.2 Å². The number of imide groups is 1. The highest BCUT2D eigenvalue weighted by atomic mass is 35.5. The Kier molecular flexibility index (Phi) is 3.08. The minimum absolute atomic E-state index is 0.202. The first-order valence-electron chi connectivity index (χ1n) is 5.65. The number of hydrogen-bond donors (Lipinski definition) is 0. The van der Waals surface area contributed by atoms with Gasteiger partial charge < -0.3 is 0 Å². The van der Waals surface area contributed by atoms with E-state index in [1.54, 1.807) is 24.3 Å². The fourth-order valence-electron chi connectivity index (χ4n) is 2.00. The molecule has 0 aliphatic carbocycles. The number of halogens is 1. The molecule has 1 aromatic carbocycles. The monoisotopic (exact) mass is 292 g/mol. The normalized spacial score (nSPS) is 14.1. The quantitative estimate of drug-likeness (QED) is 0.645. The number of amides is 2. The third-order valence-electron chi connectivity index (χ3n) is 2.91. The number of rotatable bonds is 3. The van der Waals surface area contributed by atoms with Crippen LogP contribution in [0.5, 0.6) is 0 Å². The van der Waals surface area contributed by atoms with Gasteiger partial charge in [-0.15, -0.1) is 22.9 Å². The fourth-order valence-corrected chi connectivity index (χ4v) is 3.01. The van der Waals surface area contributed by atoms with Crippen molar-refractivity contribution in [2.75, 3.05) is 0 Å². The molecule has 1 aromatic heterocycles. The summed E-state index contributed by atoms with van der Waals surface area (Å²) in [4.78, 5) is 29.8. The second kappa shape index (κ2) is 4.75. The Bertz CT molecular complexity index is 633. The largest absolute Gasteiger partial charge is 0.269 e. The van der Waals surface area contributed by atoms with Crippen molar-refractivity contribution in [1.82, 2.24) is 9.88 Å². The van der Waals surface area contributed by atoms with Crippen LogP contribution in [0.1, 0.15) is 31.4 Å². The van der Waals surface area contributed by atoms with Gasteiger partial charge >= 0.3 is 0 Å². The van der Waals surface area contributed by atoms with E-state index in [2.05, 4.69) is 4.98 Å². The molecule has 1 aliphatic rings. The summed E-state index contributed by atoms with van der Waals surface area (Å²) >= 11 is 7.09. The Labute approximate surface area is 118 Å². The fraction of sp³-hybridized carbons (Fsp3) is 0.154. The van der Waals surface area contributed by atoms with Crippen LogP contribution in [0, 0.1) is 0 Å². The number of alkyl halides is 1. The van der Waals surface area contributed by atoms with Gasteiger partial charge in [0, 0.05) is 5.38 Å². The maximum atomic E-state index is 12.1. The molecule has 0 atom stereocenters. The summed E-state index contributed by atoms with van der Waals surface area (Å²) in [6.45, 7) is 0.202. The topological polar surface area (TPSA) is 50.3 Å². The average molecular weight is 293 g/mol. The molecule has 3 rings (SSSR count). The molecule has 96 valence electrons. The van der Waals surface area contributed by atoms with Crippen molar-refractivity contribution in [3.63, 3.8) is 0 Å². The lowest BCUT2D eigenvalue weighted by molar-refractivity contribution is 0.0642. The molecule has 0 saturated carbocycles. The summed E-state index contributed by atoms with van der Waals surface area (Å²) in [5.41, 5.74) is 1.68. The molecule has 2 aromatic rings. The first kappa shape index (κ1) is 12.3. The van der Waals surface area contributed by atoms with Crippen LogP contribution in [0.25, 0.3) is 0 Å². The minimum Gasteiger partial charge on any atom is -0.269 e. The van der Waals surface area contributed by atoms with Crippen molar-refractivity contribution in [1.29, 1.82) is 0 Å². The summed E-state index contributed by atoms with van der Waals surface area (Å²) in [5, 5.41) is 2.55. The third kappa shape index (κ3) is 2.05. The van der Waals surface area contributed by atoms with E-state index in [1.807, 2.05) is 5.38 Å². The molecule has 0 fully saturated rings. The highest BCUT2D eigenvalue weighted by Gasteiger charge is 2.35. The highest BCUT2D eigenvalue weighted by molar-refractivity contribution is 7.09. The molecule has 1 aliphatic heterocycles. The number of nitrogens with zero attached hydrogens (tertiary/aromatic N) is 2. The number of benzene rings is 1. The summed E-state index contributed by atoms with van der Waals surface area (Å²) in [7, 11) is 0. The number of fused-ring (bicyclic) bond motifs is 1. The molecule has 0 saturated heterocycles. The predicted octanol–water partition coefficient (Wildman–Crippen LogP) is 2.68. The highest BCUT2D eigenvalue weighted by Crippen LogP contribution is 2.25. The molecule has 4 nitrogen and oxygen atoms in total. The van der Waals surface area contributed by atoms with E-state index in [4.69, 9.17) is 11.6 Å². The second-order valence-electron chi connectivity index (χ2n) is 4.11. The lowest BCUT2D eigenvalue weighted by atomic mass is 10.1. The number of carbonyl (C=O) groups excluding carboxylic acids is 2. The van der Waals surface area contributed by atoms with E-state index >= 15 is 0 Å². The van der Waals surface area contributed by atoms with Crippen LogP contribution >= 0.6 is 22.9 Å². The Morgan fingerprint density at radius 1 is 1.16 bits per heavy atom. The lowest BCUT2D eigenvalue weighted by Gasteiger charge is -2.11. The zero-order valence-corrected chi connectivity index (χ0v) is 11.4. The van der Waals surface area contributed by atoms with Gasteiger partial charge in [-0.2, -0.15) is 0 Å². The van der Waals surface area contributed by atoms with E-state index in [9.17, 15) is 9.59 Å². The summed E-state index contributed by atoms with van der Waals surface area (Å²) in [5.74, 6) is -0.190. The van der Waals surface area contributed by atoms with Gasteiger partial charge in [0.25, 0.3) is 11.8 Å². The van der Waals surface area contributed by atoms with Gasteiger partial charge in [0.2, 0.25) is 0 Å². The Balaban J connectivity index is 1.88. The molecule has 2 heterocycles. The minimum atomic E-state index is -0.261. The molecular weight excluding hydrogens is 284 g/mol. The summed E-state index contributed by atoms with van der Waals surface area (Å²) < 4.78 is 0. The predicted molar refractivity (Wildman–Crippen MR) is 72.3 cm³/mol. The first-order chi connectivity index (χ1) is 9.20. The van der Waals surface area contributed by atoms with Crippen LogP contribution in [0.2, 0.25) is 0 Å². The van der Waals surface area contributed by atoms with E-state index in [0.29, 0.717) is 22.0 Å². The number of carbonyl (C=O) groups is 2. The molecule has 0 spiro atoms. The smallest absolute Gasteiger partial charge is 0.261 e. The lowest BCUT2D eigenvalue weighted by Crippen LogP contribution is -2.29. The van der Waals surface area contributed by atoms with E-state index < -0.39 is 0 Å². The van der Waals surface area contributed by atoms with Crippen LogP contribution in [-0.2, 0) is 12.4 Å². The molecule has 0 radical (unpaired) electrons. The second-order valence-corrected chi connectivity index (χ2v) is 5.32. The maximum Gasteiger partial charge on any atom is 0.261 e. The Morgan fingerprint density at radius 3 is 2.32 bits per heavy atom. The van der Waals surface area contributed by atoms with Crippen molar-refractivity contribution in [3.8, 4) is 0 Å². The van der Waals surface area contributed by atoms with Crippen LogP contribution in [-0.4, -0.2) is 21.7 Å². The zero-order valence-electron chi connectivity index (χ0n) is 9.80. The number of hydrogen-bond acceptors (Lipinski definition) is 4. The van der Waals surface area contributed by atoms with Gasteiger partial charge in [0.15, 0.2) is 0 Å². The summed E-state index contributed by atoms with van der Waals surface area (Å²) in [6, 6.07) is 6.84. The molecule has 0 bridgehead atoms. The van der Waals surface area contributed by atoms with Gasteiger partial charge in [0.1, 0.15) is 5.01 Å². The third-order valence-corrected chi connectivity index (χ3v) is 4.06. The van der Waals surface area contributed by atoms with Gasteiger partial charge in [-0.25, -0.2) is 4.98 Å². The van der Waals surface area contributed by atoms with Crippen LogP contribution in [0.15, 0.2) is 29.6 Å². The first-order valence-corrected chi connectivity index (χ1v) is 7.06. The van der Waals surface area contributed by atoms with Crippen molar-refractivity contribution < 1.29 is 9.59 Å². The number of aromatic nitrogens is 1. The van der Waals surface area contributed by atoms with E-state index in [-0.39, 0.29) is 18.4 Å². The van der Waals surface area contributed by atoms with Crippen LogP contribution in [0.3, 0.4) is 0 Å². The molecular formula is C13H9ClN2O2S. The van der Waals surface area contributed by atoms with Gasteiger partial charge in [-0.1, -0.05) is 12.1 Å². The van der Waals surface area contributed by atoms with Crippen molar-refractivity contribution in [3.05, 3.63) is 51.5 Å². The van der Waals surface area contributed by atoms with Gasteiger partial charge in [-0.05, 0) is 12.1 Å². The zero-order chi connectivity index (χ0) is 13.4. The summed E-state index contributed by atoms with van der Waals surface area (Å²) in [6.07, 6.45) is 0. The van der Waals surface area contributed by atoms with Crippen LogP contribution in [0.4, 0.5) is 0 Å². The molecule has 0 N–H and O–H groups in total. The van der Waals surface area contributed by atoms with Crippen molar-refractivity contribution in [2.45, 2.75) is 12.4 Å². The number of thiazole rings is 1. The molecule has 0 unspecified atom stereocenters. The molecule has 19 heavy (non-hydrogen) atoms. The van der Waals surface area contributed by atoms with Crippen molar-refractivity contribution >= 4 is 34.8 Å². The van der Waals surface area contributed by atoms with Crippen molar-refractivity contribution in [2.24, 2.45) is 0 Å². The van der Waals surface area contributed by atoms with E-state index in [0.717, 1.165) is 5.69 Å². The standard InChI is InChI=1S/C13H9ClN2O2S/c14-5-8-7-19-11(15-8)6-16-12(17)9-3-1-2-4-10(9)13(16)18/h1-4,7H,5-6H2. The van der Waals surface area contributed by atoms with E-state index in [1.165, 1.54) is 16.2 Å². The van der Waals surface area contributed by atoms with Crippen LogP contribution < -0.4 is 0 Å². The molecule has 6 heteroatoms. The SMILES string of the molecule is O=C1c2ccccc2C(=O)N1Cc1nc(CCl)cs1. The Hall–Kier alpha value is -1.72. The van der Waals surface area contributed by atoms with Gasteiger partial charge in [-0.3, -0.25) is 14.5 Å².